The molecule has 0 heterocycles. The van der Waals surface area contributed by atoms with E-state index in [1.54, 1.807) is 0 Å². The first-order valence-electron chi connectivity index (χ1n) is 4.49. The highest BCUT2D eigenvalue weighted by Crippen LogP contribution is 2.18. The largest absolute Gasteiger partial charge is 0.370 e. The zero-order chi connectivity index (χ0) is 9.61. The Morgan fingerprint density at radius 3 is 2.42 bits per heavy atom. The highest BCUT2D eigenvalue weighted by molar-refractivity contribution is 7.99. The molecule has 1 unspecified atom stereocenters. The fourth-order valence-corrected chi connectivity index (χ4v) is 1.85. The summed E-state index contributed by atoms with van der Waals surface area (Å²) in [5, 5.41) is 0. The molecule has 0 amide bonds. The Kier molecular flexibility index (Phi) is 5.97. The lowest BCUT2D eigenvalue weighted by Crippen LogP contribution is -2.42. The number of rotatable bonds is 6. The van der Waals surface area contributed by atoms with Crippen LogP contribution in [0.15, 0.2) is 0 Å². The van der Waals surface area contributed by atoms with Crippen molar-refractivity contribution in [3.05, 3.63) is 0 Å². The molecule has 0 aromatic carbocycles. The summed E-state index contributed by atoms with van der Waals surface area (Å²) in [6.07, 6.45) is 0.260. The van der Waals surface area contributed by atoms with Gasteiger partial charge in [-0.05, 0) is 26.5 Å². The Bertz CT molecular complexity index is 119. The molecule has 12 heavy (non-hydrogen) atoms. The van der Waals surface area contributed by atoms with E-state index in [0.717, 1.165) is 11.5 Å². The summed E-state index contributed by atoms with van der Waals surface area (Å²) in [5.41, 5.74) is 5.51. The Hall–Kier alpha value is 0.270. The van der Waals surface area contributed by atoms with Gasteiger partial charge in [0.2, 0.25) is 0 Å². The number of hydrogen-bond acceptors (Lipinski definition) is 3. The molecular weight excluding hydrogens is 170 g/mol. The number of ether oxygens (including phenoxy) is 1. The molecule has 0 aliphatic rings. The predicted octanol–water partition coefficient (Wildman–Crippen LogP) is 1.88. The van der Waals surface area contributed by atoms with Crippen LogP contribution < -0.4 is 5.73 Å². The molecular formula is C9H21NOS. The second kappa shape index (κ2) is 5.84. The van der Waals surface area contributed by atoms with Gasteiger partial charge in [0.05, 0.1) is 11.7 Å². The second-order valence-corrected chi connectivity index (χ2v) is 4.73. The summed E-state index contributed by atoms with van der Waals surface area (Å²) in [5.74, 6) is 2.11. The van der Waals surface area contributed by atoms with Gasteiger partial charge in [-0.25, -0.2) is 0 Å². The Morgan fingerprint density at radius 1 is 1.50 bits per heavy atom. The number of nitrogens with two attached hydrogens (primary N) is 1. The van der Waals surface area contributed by atoms with Gasteiger partial charge in [-0.1, -0.05) is 6.92 Å². The minimum Gasteiger partial charge on any atom is -0.370 e. The summed E-state index contributed by atoms with van der Waals surface area (Å²) in [6, 6.07) is 0. The topological polar surface area (TPSA) is 35.2 Å². The summed E-state index contributed by atoms with van der Waals surface area (Å²) < 4.78 is 5.74. The molecule has 3 heteroatoms. The van der Waals surface area contributed by atoms with Crippen LogP contribution >= 0.6 is 11.8 Å². The van der Waals surface area contributed by atoms with Gasteiger partial charge in [0.1, 0.15) is 0 Å². The molecule has 0 radical (unpaired) electrons. The van der Waals surface area contributed by atoms with E-state index in [-0.39, 0.29) is 11.7 Å². The van der Waals surface area contributed by atoms with E-state index < -0.39 is 0 Å². The van der Waals surface area contributed by atoms with Gasteiger partial charge in [0.25, 0.3) is 0 Å². The van der Waals surface area contributed by atoms with Gasteiger partial charge in [0.15, 0.2) is 0 Å². The van der Waals surface area contributed by atoms with Crippen molar-refractivity contribution in [3.8, 4) is 0 Å². The van der Waals surface area contributed by atoms with Crippen LogP contribution in [-0.2, 0) is 4.74 Å². The van der Waals surface area contributed by atoms with Gasteiger partial charge >= 0.3 is 0 Å². The molecule has 0 saturated heterocycles. The van der Waals surface area contributed by atoms with E-state index in [1.165, 1.54) is 0 Å². The average Bonchev–Trinajstić information content (AvgIpc) is 2.00. The smallest absolute Gasteiger partial charge is 0.0869 e. The Balaban J connectivity index is 3.86. The quantitative estimate of drug-likeness (QED) is 0.696. The molecule has 2 nitrogen and oxygen atoms in total. The number of thioether (sulfide) groups is 1. The van der Waals surface area contributed by atoms with Crippen molar-refractivity contribution in [1.82, 2.24) is 0 Å². The van der Waals surface area contributed by atoms with Gasteiger partial charge in [0, 0.05) is 12.3 Å². The van der Waals surface area contributed by atoms with Crippen molar-refractivity contribution < 1.29 is 4.74 Å². The third kappa shape index (κ3) is 5.01. The van der Waals surface area contributed by atoms with Crippen molar-refractivity contribution in [1.29, 1.82) is 0 Å². The lowest BCUT2D eigenvalue weighted by molar-refractivity contribution is -0.0454. The van der Waals surface area contributed by atoms with Gasteiger partial charge < -0.3 is 10.5 Å². The van der Waals surface area contributed by atoms with Crippen molar-refractivity contribution in [3.63, 3.8) is 0 Å². The fraction of sp³-hybridized carbons (Fsp3) is 1.00. The van der Waals surface area contributed by atoms with Crippen LogP contribution in [-0.4, -0.2) is 29.8 Å². The summed E-state index contributed by atoms with van der Waals surface area (Å²) >= 11 is 1.88. The van der Waals surface area contributed by atoms with Crippen LogP contribution in [0.2, 0.25) is 0 Å². The van der Waals surface area contributed by atoms with Crippen LogP contribution in [0.25, 0.3) is 0 Å². The molecule has 0 aromatic rings. The van der Waals surface area contributed by atoms with Crippen molar-refractivity contribution in [2.24, 2.45) is 5.73 Å². The van der Waals surface area contributed by atoms with E-state index >= 15 is 0 Å². The molecule has 0 spiro atoms. The van der Waals surface area contributed by atoms with Gasteiger partial charge in [-0.15, -0.1) is 0 Å². The molecule has 0 aliphatic carbocycles. The molecule has 2 N–H and O–H groups in total. The minimum absolute atomic E-state index is 0.144. The Morgan fingerprint density at radius 2 is 2.08 bits per heavy atom. The first kappa shape index (κ1) is 12.3. The molecule has 74 valence electrons. The molecule has 0 bridgehead atoms. The lowest BCUT2D eigenvalue weighted by Gasteiger charge is -2.30. The SMILES string of the molecule is CCSCC(C)(CN)OC(C)C. The highest BCUT2D eigenvalue weighted by Gasteiger charge is 2.23. The second-order valence-electron chi connectivity index (χ2n) is 3.46. The van der Waals surface area contributed by atoms with Crippen LogP contribution in [0.1, 0.15) is 27.7 Å². The molecule has 0 aromatic heterocycles. The van der Waals surface area contributed by atoms with Crippen molar-refractivity contribution in [2.75, 3.05) is 18.1 Å². The van der Waals surface area contributed by atoms with E-state index in [0.29, 0.717) is 6.54 Å². The van der Waals surface area contributed by atoms with Crippen LogP contribution in [0.5, 0.6) is 0 Å². The molecule has 0 fully saturated rings. The lowest BCUT2D eigenvalue weighted by atomic mass is 10.1. The normalized spacial score (nSPS) is 16.5. The van der Waals surface area contributed by atoms with Crippen LogP contribution in [0.4, 0.5) is 0 Å². The standard InChI is InChI=1S/C9H21NOS/c1-5-12-7-9(4,6-10)11-8(2)3/h8H,5-7,10H2,1-4H3. The zero-order valence-electron chi connectivity index (χ0n) is 8.59. The molecule has 0 saturated carbocycles. The first-order chi connectivity index (χ1) is 5.54. The first-order valence-corrected chi connectivity index (χ1v) is 5.65. The zero-order valence-corrected chi connectivity index (χ0v) is 9.41. The average molecular weight is 191 g/mol. The fourth-order valence-electron chi connectivity index (χ4n) is 1.03. The maximum atomic E-state index is 5.74. The van der Waals surface area contributed by atoms with Crippen molar-refractivity contribution >= 4 is 11.8 Å². The summed E-state index contributed by atoms with van der Waals surface area (Å²) in [4.78, 5) is 0. The third-order valence-corrected chi connectivity index (χ3v) is 2.79. The van der Waals surface area contributed by atoms with E-state index in [2.05, 4.69) is 13.8 Å². The maximum absolute atomic E-state index is 5.74. The van der Waals surface area contributed by atoms with E-state index in [9.17, 15) is 0 Å². The van der Waals surface area contributed by atoms with E-state index in [1.807, 2.05) is 25.6 Å². The third-order valence-electron chi connectivity index (χ3n) is 1.56. The van der Waals surface area contributed by atoms with Gasteiger partial charge in [-0.2, -0.15) is 11.8 Å². The predicted molar refractivity (Wildman–Crippen MR) is 56.7 cm³/mol. The Labute approximate surface area is 80.2 Å². The minimum atomic E-state index is -0.144. The van der Waals surface area contributed by atoms with Gasteiger partial charge in [-0.3, -0.25) is 0 Å². The monoisotopic (exact) mass is 191 g/mol. The molecule has 1 atom stereocenters. The molecule has 0 rings (SSSR count). The van der Waals surface area contributed by atoms with Crippen LogP contribution in [0.3, 0.4) is 0 Å². The maximum Gasteiger partial charge on any atom is 0.0869 e. The summed E-state index contributed by atoms with van der Waals surface area (Å²) in [7, 11) is 0. The number of hydrogen-bond donors (Lipinski definition) is 1. The molecule has 0 aliphatic heterocycles. The highest BCUT2D eigenvalue weighted by atomic mass is 32.2. The van der Waals surface area contributed by atoms with Crippen molar-refractivity contribution in [2.45, 2.75) is 39.4 Å². The summed E-state index contributed by atoms with van der Waals surface area (Å²) in [6.45, 7) is 8.92. The van der Waals surface area contributed by atoms with Crippen LogP contribution in [0, 0.1) is 0 Å². The van der Waals surface area contributed by atoms with E-state index in [4.69, 9.17) is 10.5 Å².